The van der Waals surface area contributed by atoms with Crippen molar-refractivity contribution >= 4 is 35.1 Å². The van der Waals surface area contributed by atoms with Crippen molar-refractivity contribution in [3.63, 3.8) is 0 Å². The molecule has 0 aliphatic rings. The molecule has 33 heavy (non-hydrogen) atoms. The summed E-state index contributed by atoms with van der Waals surface area (Å²) in [6.07, 6.45) is 0. The predicted octanol–water partition coefficient (Wildman–Crippen LogP) is 7.70. The number of anilines is 1. The summed E-state index contributed by atoms with van der Waals surface area (Å²) >= 11 is 3.35. The first-order chi connectivity index (χ1) is 16.1. The summed E-state index contributed by atoms with van der Waals surface area (Å²) in [6.45, 7) is 2.08. The normalized spacial score (nSPS) is 10.6. The fraction of sp³-hybridized carbons (Fsp3) is 0.107. The first-order valence-electron chi connectivity index (χ1n) is 10.6. The average molecular weight is 472 g/mol. The van der Waals surface area contributed by atoms with Crippen LogP contribution in [0, 0.1) is 6.92 Å². The van der Waals surface area contributed by atoms with Crippen LogP contribution in [0.2, 0.25) is 0 Å². The molecule has 0 saturated heterocycles. The van der Waals surface area contributed by atoms with Gasteiger partial charge in [-0.05, 0) is 61.5 Å². The topological polar surface area (TPSA) is 38.3 Å². The zero-order valence-corrected chi connectivity index (χ0v) is 20.2. The Hall–Kier alpha value is -3.15. The zero-order valence-electron chi connectivity index (χ0n) is 18.6. The van der Waals surface area contributed by atoms with Crippen molar-refractivity contribution in [3.05, 3.63) is 114 Å². The number of thioether (sulfide) groups is 1. The van der Waals surface area contributed by atoms with Crippen molar-refractivity contribution in [2.75, 3.05) is 12.4 Å². The van der Waals surface area contributed by atoms with Crippen LogP contribution in [0.4, 0.5) is 5.69 Å². The van der Waals surface area contributed by atoms with Crippen LogP contribution in [0.1, 0.15) is 21.5 Å². The highest BCUT2D eigenvalue weighted by Gasteiger charge is 2.13. The second-order valence-corrected chi connectivity index (χ2v) is 9.66. The van der Waals surface area contributed by atoms with Gasteiger partial charge >= 0.3 is 0 Å². The van der Waals surface area contributed by atoms with Gasteiger partial charge in [-0.2, -0.15) is 0 Å². The number of ether oxygens (including phenoxy) is 1. The van der Waals surface area contributed by atoms with Gasteiger partial charge in [0.2, 0.25) is 0 Å². The van der Waals surface area contributed by atoms with Crippen LogP contribution >= 0.6 is 23.5 Å². The molecule has 0 saturated carbocycles. The van der Waals surface area contributed by atoms with E-state index in [1.54, 1.807) is 36.7 Å². The third-order valence-corrected chi connectivity index (χ3v) is 7.21. The van der Waals surface area contributed by atoms with Crippen molar-refractivity contribution in [2.45, 2.75) is 27.4 Å². The number of aryl methyl sites for hydroxylation is 1. The molecule has 166 valence electrons. The number of benzene rings is 4. The van der Waals surface area contributed by atoms with E-state index in [1.807, 2.05) is 54.6 Å². The average Bonchev–Trinajstić information content (AvgIpc) is 2.85. The predicted molar refractivity (Wildman–Crippen MR) is 139 cm³/mol. The maximum atomic E-state index is 13.1. The lowest BCUT2D eigenvalue weighted by Crippen LogP contribution is -2.13. The minimum atomic E-state index is -0.139. The minimum Gasteiger partial charge on any atom is -0.496 e. The van der Waals surface area contributed by atoms with E-state index in [1.165, 1.54) is 10.5 Å². The van der Waals surface area contributed by atoms with Gasteiger partial charge in [-0.1, -0.05) is 59.8 Å². The third kappa shape index (κ3) is 6.21. The van der Waals surface area contributed by atoms with Gasteiger partial charge in [0.25, 0.3) is 5.91 Å². The molecule has 3 nitrogen and oxygen atoms in total. The first-order valence-corrected chi connectivity index (χ1v) is 12.4. The molecule has 1 amide bonds. The standard InChI is InChI=1S/C28H25NO2S2/c1-20-12-15-23(16-13-20)32-19-22-18-21(14-17-26(22)31-2)28(30)29-25-10-6-7-11-27(25)33-24-8-4-3-5-9-24/h3-18H,19H2,1-2H3,(H,29,30). The van der Waals surface area contributed by atoms with Crippen molar-refractivity contribution in [1.82, 2.24) is 0 Å². The molecule has 4 aromatic carbocycles. The molecule has 4 aromatic rings. The highest BCUT2D eigenvalue weighted by molar-refractivity contribution is 7.99. The molecule has 0 unspecified atom stereocenters. The summed E-state index contributed by atoms with van der Waals surface area (Å²) in [6, 6.07) is 32.0. The van der Waals surface area contributed by atoms with Crippen molar-refractivity contribution in [1.29, 1.82) is 0 Å². The Labute approximate surface area is 203 Å². The number of carbonyl (C=O) groups is 1. The fourth-order valence-corrected chi connectivity index (χ4v) is 5.10. The van der Waals surface area contributed by atoms with E-state index >= 15 is 0 Å². The van der Waals surface area contributed by atoms with E-state index in [0.29, 0.717) is 11.3 Å². The van der Waals surface area contributed by atoms with Gasteiger partial charge in [0.1, 0.15) is 5.75 Å². The van der Waals surface area contributed by atoms with Crippen LogP contribution in [-0.2, 0) is 5.75 Å². The number of nitrogens with one attached hydrogen (secondary N) is 1. The van der Waals surface area contributed by atoms with E-state index in [4.69, 9.17) is 4.74 Å². The molecule has 0 aliphatic heterocycles. The Morgan fingerprint density at radius 3 is 2.33 bits per heavy atom. The molecule has 1 N–H and O–H groups in total. The Bertz CT molecular complexity index is 1220. The smallest absolute Gasteiger partial charge is 0.255 e. The zero-order chi connectivity index (χ0) is 23.0. The van der Waals surface area contributed by atoms with E-state index < -0.39 is 0 Å². The third-order valence-electron chi connectivity index (χ3n) is 5.06. The highest BCUT2D eigenvalue weighted by atomic mass is 32.2. The van der Waals surface area contributed by atoms with Crippen molar-refractivity contribution in [2.24, 2.45) is 0 Å². The lowest BCUT2D eigenvalue weighted by Gasteiger charge is -2.13. The molecule has 0 radical (unpaired) electrons. The molecule has 0 bridgehead atoms. The van der Waals surface area contributed by atoms with Crippen LogP contribution in [0.3, 0.4) is 0 Å². The molecule has 0 aliphatic carbocycles. The quantitative estimate of drug-likeness (QED) is 0.267. The van der Waals surface area contributed by atoms with E-state index in [2.05, 4.69) is 48.6 Å². The Kier molecular flexibility index (Phi) is 7.76. The fourth-order valence-electron chi connectivity index (χ4n) is 3.30. The molecular formula is C28H25NO2S2. The lowest BCUT2D eigenvalue weighted by molar-refractivity contribution is 0.102. The van der Waals surface area contributed by atoms with Gasteiger partial charge in [0.15, 0.2) is 0 Å². The largest absolute Gasteiger partial charge is 0.496 e. The monoisotopic (exact) mass is 471 g/mol. The number of hydrogen-bond acceptors (Lipinski definition) is 4. The molecule has 0 atom stereocenters. The van der Waals surface area contributed by atoms with Crippen LogP contribution in [0.25, 0.3) is 0 Å². The number of rotatable bonds is 8. The summed E-state index contributed by atoms with van der Waals surface area (Å²) in [5, 5.41) is 3.08. The molecular weight excluding hydrogens is 446 g/mol. The molecule has 4 rings (SSSR count). The molecule has 0 spiro atoms. The van der Waals surface area contributed by atoms with Gasteiger partial charge in [0.05, 0.1) is 12.8 Å². The number of methoxy groups -OCH3 is 1. The number of carbonyl (C=O) groups excluding carboxylic acids is 1. The summed E-state index contributed by atoms with van der Waals surface area (Å²) in [7, 11) is 1.66. The van der Waals surface area contributed by atoms with Crippen molar-refractivity contribution < 1.29 is 9.53 Å². The molecule has 5 heteroatoms. The van der Waals surface area contributed by atoms with E-state index in [0.717, 1.165) is 26.8 Å². The van der Waals surface area contributed by atoms with Crippen LogP contribution in [0.5, 0.6) is 5.75 Å². The van der Waals surface area contributed by atoms with Crippen LogP contribution in [0.15, 0.2) is 112 Å². The van der Waals surface area contributed by atoms with E-state index in [9.17, 15) is 4.79 Å². The summed E-state index contributed by atoms with van der Waals surface area (Å²) in [5.74, 6) is 1.36. The van der Waals surface area contributed by atoms with Gasteiger partial charge < -0.3 is 10.1 Å². The Balaban J connectivity index is 1.50. The molecule has 0 heterocycles. The SMILES string of the molecule is COc1ccc(C(=O)Nc2ccccc2Sc2ccccc2)cc1CSc1ccc(C)cc1. The van der Waals surface area contributed by atoms with Crippen molar-refractivity contribution in [3.8, 4) is 5.75 Å². The van der Waals surface area contributed by atoms with Crippen LogP contribution in [-0.4, -0.2) is 13.0 Å². The second-order valence-electron chi connectivity index (χ2n) is 7.49. The maximum absolute atomic E-state index is 13.1. The Morgan fingerprint density at radius 2 is 1.58 bits per heavy atom. The van der Waals surface area contributed by atoms with Gasteiger partial charge in [0, 0.05) is 31.6 Å². The summed E-state index contributed by atoms with van der Waals surface area (Å²) < 4.78 is 5.54. The summed E-state index contributed by atoms with van der Waals surface area (Å²) in [5.41, 5.74) is 3.63. The first kappa shape index (κ1) is 23.0. The number of para-hydroxylation sites is 1. The van der Waals surface area contributed by atoms with Gasteiger partial charge in [-0.15, -0.1) is 11.8 Å². The second kappa shape index (κ2) is 11.1. The van der Waals surface area contributed by atoms with Gasteiger partial charge in [-0.3, -0.25) is 4.79 Å². The summed E-state index contributed by atoms with van der Waals surface area (Å²) in [4.78, 5) is 16.4. The van der Waals surface area contributed by atoms with Gasteiger partial charge in [-0.25, -0.2) is 0 Å². The van der Waals surface area contributed by atoms with E-state index in [-0.39, 0.29) is 5.91 Å². The number of amides is 1. The minimum absolute atomic E-state index is 0.139. The lowest BCUT2D eigenvalue weighted by atomic mass is 10.1. The van der Waals surface area contributed by atoms with Crippen LogP contribution < -0.4 is 10.1 Å². The molecule has 0 fully saturated rings. The Morgan fingerprint density at radius 1 is 0.848 bits per heavy atom. The molecule has 0 aromatic heterocycles. The maximum Gasteiger partial charge on any atom is 0.255 e. The number of hydrogen-bond donors (Lipinski definition) is 1. The highest BCUT2D eigenvalue weighted by Crippen LogP contribution is 2.34.